The number of halogens is 1. The fourth-order valence-electron chi connectivity index (χ4n) is 2.36. The minimum atomic E-state index is 0.430. The van der Waals surface area contributed by atoms with Crippen molar-refractivity contribution in [3.63, 3.8) is 0 Å². The molecule has 0 aliphatic heterocycles. The fourth-order valence-corrected chi connectivity index (χ4v) is 2.54. The molecule has 0 bridgehead atoms. The first-order valence-electron chi connectivity index (χ1n) is 7.18. The first-order chi connectivity index (χ1) is 11.0. The van der Waals surface area contributed by atoms with Gasteiger partial charge in [-0.05, 0) is 51.0 Å². The first kappa shape index (κ1) is 15.3. The van der Waals surface area contributed by atoms with Crippen molar-refractivity contribution in [1.82, 2.24) is 19.5 Å². The Balaban J connectivity index is 2.02. The molecular weight excluding hydrogens is 308 g/mol. The third-order valence-electron chi connectivity index (χ3n) is 3.43. The molecular formula is C18H15ClN4. The van der Waals surface area contributed by atoms with Crippen LogP contribution in [0.4, 0.5) is 0 Å². The Morgan fingerprint density at radius 3 is 2.61 bits per heavy atom. The molecule has 3 aromatic rings. The number of rotatable bonds is 1. The molecule has 23 heavy (non-hydrogen) atoms. The Morgan fingerprint density at radius 1 is 1.04 bits per heavy atom. The average Bonchev–Trinajstić information content (AvgIpc) is 2.79. The predicted molar refractivity (Wildman–Crippen MR) is 90.8 cm³/mol. The van der Waals surface area contributed by atoms with Crippen LogP contribution in [0.25, 0.3) is 5.82 Å². The Labute approximate surface area is 140 Å². The third-order valence-corrected chi connectivity index (χ3v) is 3.64. The summed E-state index contributed by atoms with van der Waals surface area (Å²) in [5.74, 6) is 7.89. The molecule has 0 N–H and O–H groups in total. The highest BCUT2D eigenvalue weighted by atomic mass is 35.5. The lowest BCUT2D eigenvalue weighted by Gasteiger charge is -2.07. The first-order valence-corrected chi connectivity index (χ1v) is 7.56. The second kappa shape index (κ2) is 6.23. The average molecular weight is 323 g/mol. The van der Waals surface area contributed by atoms with Crippen LogP contribution in [0.2, 0.25) is 5.15 Å². The van der Waals surface area contributed by atoms with Gasteiger partial charge in [-0.3, -0.25) is 4.57 Å². The summed E-state index contributed by atoms with van der Waals surface area (Å²) in [4.78, 5) is 13.1. The second-order valence-electron chi connectivity index (χ2n) is 5.18. The van der Waals surface area contributed by atoms with E-state index in [2.05, 4.69) is 26.8 Å². The molecule has 0 aliphatic carbocycles. The molecule has 0 aromatic carbocycles. The maximum atomic E-state index is 5.88. The summed E-state index contributed by atoms with van der Waals surface area (Å²) < 4.78 is 2.01. The van der Waals surface area contributed by atoms with Crippen molar-refractivity contribution in [2.24, 2.45) is 0 Å². The molecule has 0 radical (unpaired) electrons. The van der Waals surface area contributed by atoms with Gasteiger partial charge < -0.3 is 0 Å². The fraction of sp³-hybridized carbons (Fsp3) is 0.167. The summed E-state index contributed by atoms with van der Waals surface area (Å²) in [6.45, 7) is 5.91. The lowest BCUT2D eigenvalue weighted by Crippen LogP contribution is -2.02. The number of nitrogens with zero attached hydrogens (tertiary/aromatic N) is 4. The second-order valence-corrected chi connectivity index (χ2v) is 5.57. The molecule has 3 rings (SSSR count). The summed E-state index contributed by atoms with van der Waals surface area (Å²) >= 11 is 5.88. The van der Waals surface area contributed by atoms with Crippen molar-refractivity contribution in [2.75, 3.05) is 0 Å². The minimum absolute atomic E-state index is 0.430. The van der Waals surface area contributed by atoms with E-state index in [-0.39, 0.29) is 0 Å². The molecule has 0 saturated heterocycles. The Morgan fingerprint density at radius 2 is 1.87 bits per heavy atom. The quantitative estimate of drug-likeness (QED) is 0.507. The number of hydrogen-bond donors (Lipinski definition) is 0. The van der Waals surface area contributed by atoms with Crippen LogP contribution in [0.15, 0.2) is 36.5 Å². The minimum Gasteiger partial charge on any atom is -0.284 e. The summed E-state index contributed by atoms with van der Waals surface area (Å²) in [6.07, 6.45) is 1.64. The van der Waals surface area contributed by atoms with Crippen molar-refractivity contribution in [3.05, 3.63) is 70.2 Å². The monoisotopic (exact) mass is 322 g/mol. The van der Waals surface area contributed by atoms with Crippen LogP contribution in [-0.4, -0.2) is 19.5 Å². The van der Waals surface area contributed by atoms with Gasteiger partial charge in [-0.2, -0.15) is 0 Å². The summed E-state index contributed by atoms with van der Waals surface area (Å²) in [6, 6.07) is 9.48. The van der Waals surface area contributed by atoms with Gasteiger partial charge in [0, 0.05) is 17.5 Å². The lowest BCUT2D eigenvalue weighted by atomic mass is 10.2. The Kier molecular flexibility index (Phi) is 4.14. The zero-order valence-corrected chi connectivity index (χ0v) is 13.9. The van der Waals surface area contributed by atoms with Crippen molar-refractivity contribution >= 4 is 11.6 Å². The molecule has 0 saturated carbocycles. The van der Waals surface area contributed by atoms with Gasteiger partial charge in [0.05, 0.1) is 5.69 Å². The van der Waals surface area contributed by atoms with Crippen LogP contribution in [0.1, 0.15) is 28.5 Å². The summed E-state index contributed by atoms with van der Waals surface area (Å²) in [7, 11) is 0. The molecule has 0 atom stereocenters. The smallest absolute Gasteiger partial charge is 0.138 e. The zero-order valence-electron chi connectivity index (χ0n) is 13.1. The van der Waals surface area contributed by atoms with Crippen LogP contribution in [-0.2, 0) is 0 Å². The van der Waals surface area contributed by atoms with Gasteiger partial charge in [0.15, 0.2) is 0 Å². The van der Waals surface area contributed by atoms with E-state index >= 15 is 0 Å². The van der Waals surface area contributed by atoms with Crippen molar-refractivity contribution in [1.29, 1.82) is 0 Å². The lowest BCUT2D eigenvalue weighted by molar-refractivity contribution is 0.894. The van der Waals surface area contributed by atoms with Gasteiger partial charge in [0.25, 0.3) is 0 Å². The molecule has 114 valence electrons. The van der Waals surface area contributed by atoms with Gasteiger partial charge in [-0.1, -0.05) is 23.6 Å². The van der Waals surface area contributed by atoms with Crippen molar-refractivity contribution in [2.45, 2.75) is 20.8 Å². The van der Waals surface area contributed by atoms with Gasteiger partial charge in [0.1, 0.15) is 22.5 Å². The van der Waals surface area contributed by atoms with E-state index in [1.807, 2.05) is 49.6 Å². The van der Waals surface area contributed by atoms with E-state index in [0.29, 0.717) is 5.15 Å². The topological polar surface area (TPSA) is 43.6 Å². The van der Waals surface area contributed by atoms with Gasteiger partial charge >= 0.3 is 0 Å². The molecule has 0 amide bonds. The molecule has 3 aromatic heterocycles. The third kappa shape index (κ3) is 3.25. The zero-order chi connectivity index (χ0) is 16.4. The molecule has 0 spiro atoms. The highest BCUT2D eigenvalue weighted by Crippen LogP contribution is 2.16. The van der Waals surface area contributed by atoms with E-state index in [4.69, 9.17) is 11.6 Å². The standard InChI is InChI=1S/C18H15ClN4/c1-12-5-4-6-18(21-12)23-13(2)16(22-14(23)3)8-7-15-9-10-20-17(19)11-15/h4-6,9-11H,1-3H3. The summed E-state index contributed by atoms with van der Waals surface area (Å²) in [5.41, 5.74) is 3.48. The van der Waals surface area contributed by atoms with Crippen LogP contribution in [0.5, 0.6) is 0 Å². The highest BCUT2D eigenvalue weighted by molar-refractivity contribution is 6.29. The van der Waals surface area contributed by atoms with Crippen LogP contribution in [0, 0.1) is 32.6 Å². The largest absolute Gasteiger partial charge is 0.284 e. The highest BCUT2D eigenvalue weighted by Gasteiger charge is 2.11. The van der Waals surface area contributed by atoms with Crippen molar-refractivity contribution < 1.29 is 0 Å². The van der Waals surface area contributed by atoms with E-state index in [1.54, 1.807) is 12.3 Å². The molecule has 0 unspecified atom stereocenters. The maximum Gasteiger partial charge on any atom is 0.138 e. The summed E-state index contributed by atoms with van der Waals surface area (Å²) in [5, 5.41) is 0.430. The molecule has 0 aliphatic rings. The van der Waals surface area contributed by atoms with Gasteiger partial charge in [0.2, 0.25) is 0 Å². The normalized spacial score (nSPS) is 10.3. The van der Waals surface area contributed by atoms with E-state index in [9.17, 15) is 0 Å². The van der Waals surface area contributed by atoms with Crippen LogP contribution < -0.4 is 0 Å². The van der Waals surface area contributed by atoms with Gasteiger partial charge in [-0.15, -0.1) is 0 Å². The molecule has 4 nitrogen and oxygen atoms in total. The van der Waals surface area contributed by atoms with E-state index in [0.717, 1.165) is 34.3 Å². The molecule has 5 heteroatoms. The number of imidazole rings is 1. The van der Waals surface area contributed by atoms with E-state index < -0.39 is 0 Å². The molecule has 3 heterocycles. The Bertz CT molecular complexity index is 932. The molecule has 0 fully saturated rings. The predicted octanol–water partition coefficient (Wildman–Crippen LogP) is 3.64. The Hall–Kier alpha value is -2.64. The number of aryl methyl sites for hydroxylation is 2. The maximum absolute atomic E-state index is 5.88. The van der Waals surface area contributed by atoms with Crippen molar-refractivity contribution in [3.8, 4) is 17.7 Å². The van der Waals surface area contributed by atoms with Gasteiger partial charge in [-0.25, -0.2) is 15.0 Å². The van der Waals surface area contributed by atoms with E-state index in [1.165, 1.54) is 0 Å². The van der Waals surface area contributed by atoms with Crippen LogP contribution >= 0.6 is 11.6 Å². The number of pyridine rings is 2. The SMILES string of the molecule is Cc1cccc(-n2c(C)nc(C#Cc3ccnc(Cl)c3)c2C)n1. The van der Waals surface area contributed by atoms with Crippen LogP contribution in [0.3, 0.4) is 0 Å². The number of aromatic nitrogens is 4. The number of hydrogen-bond acceptors (Lipinski definition) is 3.